The summed E-state index contributed by atoms with van der Waals surface area (Å²) in [6, 6.07) is 8.44. The monoisotopic (exact) mass is 422 g/mol. The molecule has 1 saturated carbocycles. The van der Waals surface area contributed by atoms with Crippen molar-refractivity contribution >= 4 is 5.78 Å². The highest BCUT2D eigenvalue weighted by Crippen LogP contribution is 2.59. The number of Topliss-reactive ketones (excluding diaryl/α,β-unsaturated/α-hetero) is 1. The lowest BCUT2D eigenvalue weighted by atomic mass is 9.53. The molecule has 0 amide bonds. The number of aromatic amines is 1. The van der Waals surface area contributed by atoms with Crippen molar-refractivity contribution in [3.8, 4) is 0 Å². The van der Waals surface area contributed by atoms with Gasteiger partial charge in [0.1, 0.15) is 0 Å². The van der Waals surface area contributed by atoms with Gasteiger partial charge in [-0.2, -0.15) is 5.10 Å². The lowest BCUT2D eigenvalue weighted by molar-refractivity contribution is -0.119. The van der Waals surface area contributed by atoms with Gasteiger partial charge in [-0.1, -0.05) is 43.7 Å². The Hall–Kier alpha value is -2.30. The van der Waals surface area contributed by atoms with Crippen LogP contribution in [0, 0.1) is 5.41 Å². The highest BCUT2D eigenvalue weighted by Gasteiger charge is 2.56. The standard InChI is InChI=1S/C26H28F2N2O/c1-24(2)11-16-10-19-22(23(30-29-19)17-12-25(27,28)13-17)26(21(16)20(31)14-24)9-5-7-15-6-3-4-8-18(15)26/h3-4,6,8,17H,5,7,9-14H2,1-2H3,(H,29,30). The molecule has 6 rings (SSSR count). The highest BCUT2D eigenvalue weighted by molar-refractivity contribution is 6.02. The van der Waals surface area contributed by atoms with Crippen LogP contribution in [-0.4, -0.2) is 21.9 Å². The molecule has 1 fully saturated rings. The molecule has 1 heterocycles. The zero-order valence-corrected chi connectivity index (χ0v) is 18.2. The van der Waals surface area contributed by atoms with Crippen molar-refractivity contribution in [1.29, 1.82) is 0 Å². The van der Waals surface area contributed by atoms with Crippen LogP contribution in [0.2, 0.25) is 0 Å². The first kappa shape index (κ1) is 19.4. The number of nitrogens with zero attached hydrogens (tertiary/aromatic N) is 1. The Labute approximate surface area is 181 Å². The Balaban J connectivity index is 1.62. The number of H-pyrrole nitrogens is 1. The predicted molar refractivity (Wildman–Crippen MR) is 114 cm³/mol. The maximum atomic E-state index is 13.8. The van der Waals surface area contributed by atoms with Crippen LogP contribution < -0.4 is 0 Å². The number of benzene rings is 1. The Morgan fingerprint density at radius 1 is 1.13 bits per heavy atom. The summed E-state index contributed by atoms with van der Waals surface area (Å²) in [7, 11) is 0. The molecule has 0 saturated heterocycles. The fourth-order valence-corrected chi connectivity index (χ4v) is 6.98. The number of rotatable bonds is 1. The van der Waals surface area contributed by atoms with Crippen LogP contribution in [0.4, 0.5) is 8.78 Å². The average molecular weight is 423 g/mol. The van der Waals surface area contributed by atoms with Gasteiger partial charge in [-0.3, -0.25) is 9.89 Å². The molecule has 1 N–H and O–H groups in total. The summed E-state index contributed by atoms with van der Waals surface area (Å²) in [5.41, 5.74) is 6.91. The van der Waals surface area contributed by atoms with Gasteiger partial charge in [0.2, 0.25) is 5.92 Å². The third kappa shape index (κ3) is 2.68. The number of nitrogens with one attached hydrogen (secondary N) is 1. The number of carbonyl (C=O) groups is 1. The summed E-state index contributed by atoms with van der Waals surface area (Å²) >= 11 is 0. The van der Waals surface area contributed by atoms with Gasteiger partial charge < -0.3 is 0 Å². The number of allylic oxidation sites excluding steroid dienone is 2. The van der Waals surface area contributed by atoms with Gasteiger partial charge >= 0.3 is 0 Å². The molecular formula is C26H28F2N2O. The summed E-state index contributed by atoms with van der Waals surface area (Å²) < 4.78 is 27.6. The summed E-state index contributed by atoms with van der Waals surface area (Å²) in [4.78, 5) is 13.7. The van der Waals surface area contributed by atoms with Crippen LogP contribution in [0.25, 0.3) is 0 Å². The van der Waals surface area contributed by atoms with Gasteiger partial charge in [0, 0.05) is 48.4 Å². The third-order valence-electron chi connectivity index (χ3n) is 8.03. The molecule has 0 aliphatic heterocycles. The fraction of sp³-hybridized carbons (Fsp3) is 0.538. The number of hydrogen-bond donors (Lipinski definition) is 1. The zero-order chi connectivity index (χ0) is 21.6. The third-order valence-corrected chi connectivity index (χ3v) is 8.03. The largest absolute Gasteiger partial charge is 0.294 e. The number of aromatic nitrogens is 2. The predicted octanol–water partition coefficient (Wildman–Crippen LogP) is 5.79. The van der Waals surface area contributed by atoms with Crippen LogP contribution in [0.3, 0.4) is 0 Å². The lowest BCUT2D eigenvalue weighted by Crippen LogP contribution is -2.45. The van der Waals surface area contributed by atoms with Crippen LogP contribution in [0.15, 0.2) is 35.4 Å². The van der Waals surface area contributed by atoms with Crippen molar-refractivity contribution in [1.82, 2.24) is 10.2 Å². The van der Waals surface area contributed by atoms with Crippen molar-refractivity contribution in [2.75, 3.05) is 0 Å². The molecular weight excluding hydrogens is 394 g/mol. The number of hydrogen-bond acceptors (Lipinski definition) is 2. The van der Waals surface area contributed by atoms with E-state index >= 15 is 0 Å². The topological polar surface area (TPSA) is 45.8 Å². The SMILES string of the molecule is CC1(C)CC(=O)C2=C(Cc3[nH]nc(C4CC(F)(F)C4)c3C23CCCc2ccccc23)C1. The first-order valence-electron chi connectivity index (χ1n) is 11.5. The summed E-state index contributed by atoms with van der Waals surface area (Å²) in [6.45, 7) is 4.33. The molecule has 1 atom stereocenters. The molecule has 1 unspecified atom stereocenters. The lowest BCUT2D eigenvalue weighted by Gasteiger charge is -2.49. The minimum Gasteiger partial charge on any atom is -0.294 e. The molecule has 31 heavy (non-hydrogen) atoms. The number of aryl methyl sites for hydroxylation is 1. The van der Waals surface area contributed by atoms with Gasteiger partial charge in [-0.25, -0.2) is 8.78 Å². The van der Waals surface area contributed by atoms with Crippen molar-refractivity contribution < 1.29 is 13.6 Å². The first-order valence-corrected chi connectivity index (χ1v) is 11.5. The Kier molecular flexibility index (Phi) is 3.84. The minimum atomic E-state index is -2.60. The van der Waals surface area contributed by atoms with E-state index in [1.165, 1.54) is 16.7 Å². The van der Waals surface area contributed by atoms with Crippen LogP contribution >= 0.6 is 0 Å². The van der Waals surface area contributed by atoms with E-state index in [9.17, 15) is 13.6 Å². The van der Waals surface area contributed by atoms with Crippen LogP contribution in [0.1, 0.15) is 86.4 Å². The normalized spacial score (nSPS) is 28.7. The van der Waals surface area contributed by atoms with E-state index in [-0.39, 0.29) is 30.0 Å². The van der Waals surface area contributed by atoms with Gasteiger partial charge in [0.15, 0.2) is 5.78 Å². The van der Waals surface area contributed by atoms with Crippen LogP contribution in [-0.2, 0) is 23.1 Å². The Morgan fingerprint density at radius 3 is 2.68 bits per heavy atom. The van der Waals surface area contributed by atoms with Crippen molar-refractivity contribution in [2.24, 2.45) is 5.41 Å². The van der Waals surface area contributed by atoms with Gasteiger partial charge in [0.25, 0.3) is 0 Å². The molecule has 4 aliphatic carbocycles. The van der Waals surface area contributed by atoms with Gasteiger partial charge in [0.05, 0.1) is 11.1 Å². The second-order valence-electron chi connectivity index (χ2n) is 10.9. The zero-order valence-electron chi connectivity index (χ0n) is 18.2. The minimum absolute atomic E-state index is 0.0539. The van der Waals surface area contributed by atoms with Gasteiger partial charge in [-0.15, -0.1) is 0 Å². The molecule has 0 bridgehead atoms. The van der Waals surface area contributed by atoms with E-state index in [1.807, 2.05) is 0 Å². The van der Waals surface area contributed by atoms with E-state index in [2.05, 4.69) is 48.3 Å². The van der Waals surface area contributed by atoms with Gasteiger partial charge in [-0.05, 0) is 42.2 Å². The highest BCUT2D eigenvalue weighted by atomic mass is 19.3. The molecule has 2 aromatic rings. The quantitative estimate of drug-likeness (QED) is 0.633. The van der Waals surface area contributed by atoms with E-state index in [0.29, 0.717) is 12.8 Å². The maximum absolute atomic E-state index is 13.8. The molecule has 3 nitrogen and oxygen atoms in total. The molecule has 162 valence electrons. The summed E-state index contributed by atoms with van der Waals surface area (Å²) in [6.07, 6.45) is 4.65. The maximum Gasteiger partial charge on any atom is 0.249 e. The molecule has 4 aliphatic rings. The van der Waals surface area contributed by atoms with E-state index in [0.717, 1.165) is 48.2 Å². The summed E-state index contributed by atoms with van der Waals surface area (Å²) in [5, 5.41) is 7.87. The number of ketones is 1. The second kappa shape index (κ2) is 6.14. The Morgan fingerprint density at radius 2 is 1.90 bits per heavy atom. The van der Waals surface area contributed by atoms with E-state index < -0.39 is 11.3 Å². The van der Waals surface area contributed by atoms with Crippen molar-refractivity contribution in [3.05, 3.63) is 63.5 Å². The number of fused-ring (bicyclic) bond motifs is 5. The van der Waals surface area contributed by atoms with E-state index in [4.69, 9.17) is 0 Å². The molecule has 1 spiro atoms. The average Bonchev–Trinajstić information content (AvgIpc) is 3.09. The van der Waals surface area contributed by atoms with E-state index in [1.54, 1.807) is 0 Å². The summed E-state index contributed by atoms with van der Waals surface area (Å²) in [5.74, 6) is -2.60. The second-order valence-corrected chi connectivity index (χ2v) is 10.9. The Bertz CT molecular complexity index is 1130. The smallest absolute Gasteiger partial charge is 0.249 e. The first-order chi connectivity index (χ1) is 14.7. The molecule has 0 radical (unpaired) electrons. The number of carbonyl (C=O) groups excluding carboxylic acids is 1. The fourth-order valence-electron chi connectivity index (χ4n) is 6.98. The van der Waals surface area contributed by atoms with Crippen molar-refractivity contribution in [3.63, 3.8) is 0 Å². The number of alkyl halides is 2. The molecule has 1 aromatic heterocycles. The van der Waals surface area contributed by atoms with Crippen molar-refractivity contribution in [2.45, 2.75) is 82.5 Å². The number of halogens is 2. The van der Waals surface area contributed by atoms with Crippen LogP contribution in [0.5, 0.6) is 0 Å². The molecule has 1 aromatic carbocycles. The molecule has 5 heteroatoms.